The zero-order chi connectivity index (χ0) is 7.68. The summed E-state index contributed by atoms with van der Waals surface area (Å²) in [4.78, 5) is 14.9. The van der Waals surface area contributed by atoms with Gasteiger partial charge in [-0.05, 0) is 12.1 Å². The largest absolute Gasteiger partial charge is 0.307 e. The molecule has 54 valence electrons. The van der Waals surface area contributed by atoms with Crippen molar-refractivity contribution >= 4 is 5.65 Å². The monoisotopic (exact) mass is 146 g/mol. The molecule has 2 aromatic rings. The van der Waals surface area contributed by atoms with Gasteiger partial charge in [-0.1, -0.05) is 0 Å². The fourth-order valence-corrected chi connectivity index (χ4v) is 0.946. The molecule has 0 saturated carbocycles. The van der Waals surface area contributed by atoms with Crippen LogP contribution < -0.4 is 5.43 Å². The van der Waals surface area contributed by atoms with E-state index in [0.717, 1.165) is 5.65 Å². The van der Waals surface area contributed by atoms with Crippen molar-refractivity contribution in [3.8, 4) is 0 Å². The van der Waals surface area contributed by atoms with Crippen molar-refractivity contribution in [3.63, 3.8) is 0 Å². The highest BCUT2D eigenvalue weighted by Crippen LogP contribution is 1.93. The molecule has 0 aliphatic heterocycles. The molecule has 0 spiro atoms. The summed E-state index contributed by atoms with van der Waals surface area (Å²) in [5.74, 6) is 0. The third-order valence-electron chi connectivity index (χ3n) is 1.49. The summed E-state index contributed by atoms with van der Waals surface area (Å²) in [5, 5.41) is 0. The van der Waals surface area contributed by atoms with Crippen LogP contribution in [0.1, 0.15) is 0 Å². The first kappa shape index (κ1) is 6.09. The van der Waals surface area contributed by atoms with Crippen LogP contribution in [0.4, 0.5) is 0 Å². The molecule has 0 radical (unpaired) electrons. The number of imidazole rings is 1. The molecule has 0 amide bonds. The second-order valence-corrected chi connectivity index (χ2v) is 2.24. The topological polar surface area (TPSA) is 34.4 Å². The Hall–Kier alpha value is -1.64. The van der Waals surface area contributed by atoms with E-state index < -0.39 is 0 Å². The van der Waals surface area contributed by atoms with Crippen molar-refractivity contribution in [2.45, 2.75) is 0 Å². The predicted molar refractivity (Wildman–Crippen MR) is 41.5 cm³/mol. The van der Waals surface area contributed by atoms with Crippen LogP contribution in [-0.2, 0) is 0 Å². The van der Waals surface area contributed by atoms with Crippen molar-refractivity contribution in [2.24, 2.45) is 0 Å². The van der Waals surface area contributed by atoms with Crippen LogP contribution in [0.25, 0.3) is 5.65 Å². The highest BCUT2D eigenvalue weighted by Gasteiger charge is 1.87. The Kier molecular flexibility index (Phi) is 1.22. The zero-order valence-corrected chi connectivity index (χ0v) is 5.77. The van der Waals surface area contributed by atoms with Gasteiger partial charge in [-0.2, -0.15) is 0 Å². The van der Waals surface area contributed by atoms with Gasteiger partial charge in [0.15, 0.2) is 5.43 Å². The minimum Gasteiger partial charge on any atom is -0.307 e. The van der Waals surface area contributed by atoms with E-state index in [1.165, 1.54) is 12.1 Å². The smallest absolute Gasteiger partial charge is 0.180 e. The lowest BCUT2D eigenvalue weighted by Gasteiger charge is -1.79. The molecule has 3 nitrogen and oxygen atoms in total. The summed E-state index contributed by atoms with van der Waals surface area (Å²) >= 11 is 0. The SMILES string of the molecule is O=c1ccc2nccn2cc1. The van der Waals surface area contributed by atoms with Gasteiger partial charge >= 0.3 is 0 Å². The van der Waals surface area contributed by atoms with E-state index >= 15 is 0 Å². The van der Waals surface area contributed by atoms with Gasteiger partial charge in [-0.25, -0.2) is 4.98 Å². The van der Waals surface area contributed by atoms with Gasteiger partial charge in [0.05, 0.1) is 0 Å². The van der Waals surface area contributed by atoms with E-state index in [-0.39, 0.29) is 5.43 Å². The number of hydrogen-bond donors (Lipinski definition) is 0. The molecule has 0 atom stereocenters. The second-order valence-electron chi connectivity index (χ2n) is 2.24. The van der Waals surface area contributed by atoms with Crippen LogP contribution in [0.2, 0.25) is 0 Å². The summed E-state index contributed by atoms with van der Waals surface area (Å²) < 4.78 is 1.79. The van der Waals surface area contributed by atoms with E-state index in [9.17, 15) is 4.79 Å². The summed E-state index contributed by atoms with van der Waals surface area (Å²) in [5.41, 5.74) is 0.780. The van der Waals surface area contributed by atoms with Crippen molar-refractivity contribution in [1.82, 2.24) is 9.38 Å². The van der Waals surface area contributed by atoms with Crippen molar-refractivity contribution in [1.29, 1.82) is 0 Å². The van der Waals surface area contributed by atoms with Gasteiger partial charge in [0.2, 0.25) is 0 Å². The molecular weight excluding hydrogens is 140 g/mol. The molecule has 0 aromatic carbocycles. The van der Waals surface area contributed by atoms with Gasteiger partial charge in [0, 0.05) is 24.7 Å². The number of nitrogens with zero attached hydrogens (tertiary/aromatic N) is 2. The van der Waals surface area contributed by atoms with Crippen LogP contribution in [0.5, 0.6) is 0 Å². The Balaban J connectivity index is 2.96. The van der Waals surface area contributed by atoms with E-state index in [2.05, 4.69) is 4.98 Å². The van der Waals surface area contributed by atoms with Gasteiger partial charge in [0.1, 0.15) is 5.65 Å². The molecule has 11 heavy (non-hydrogen) atoms. The van der Waals surface area contributed by atoms with Gasteiger partial charge in [-0.15, -0.1) is 0 Å². The summed E-state index contributed by atoms with van der Waals surface area (Å²) in [6, 6.07) is 4.71. The van der Waals surface area contributed by atoms with E-state index in [1.54, 1.807) is 29.1 Å². The molecule has 2 rings (SSSR count). The summed E-state index contributed by atoms with van der Waals surface area (Å²) in [6.45, 7) is 0. The Morgan fingerprint density at radius 3 is 3.00 bits per heavy atom. The van der Waals surface area contributed by atoms with Crippen LogP contribution in [-0.4, -0.2) is 9.38 Å². The average molecular weight is 146 g/mol. The molecule has 0 unspecified atom stereocenters. The molecule has 0 bridgehead atoms. The van der Waals surface area contributed by atoms with Gasteiger partial charge in [-0.3, -0.25) is 4.79 Å². The van der Waals surface area contributed by atoms with Crippen molar-refractivity contribution < 1.29 is 0 Å². The third kappa shape index (κ3) is 1.00. The lowest BCUT2D eigenvalue weighted by Crippen LogP contribution is -1.88. The van der Waals surface area contributed by atoms with Crippen molar-refractivity contribution in [2.75, 3.05) is 0 Å². The van der Waals surface area contributed by atoms with Gasteiger partial charge < -0.3 is 4.40 Å². The summed E-state index contributed by atoms with van der Waals surface area (Å²) in [6.07, 6.45) is 5.19. The van der Waals surface area contributed by atoms with Crippen LogP contribution >= 0.6 is 0 Å². The highest BCUT2D eigenvalue weighted by atomic mass is 16.1. The Morgan fingerprint density at radius 1 is 1.18 bits per heavy atom. The summed E-state index contributed by atoms with van der Waals surface area (Å²) in [7, 11) is 0. The van der Waals surface area contributed by atoms with Crippen LogP contribution in [0.3, 0.4) is 0 Å². The van der Waals surface area contributed by atoms with E-state index in [1.807, 2.05) is 0 Å². The number of hydrogen-bond acceptors (Lipinski definition) is 2. The van der Waals surface area contributed by atoms with Crippen LogP contribution in [0.15, 0.2) is 41.6 Å². The van der Waals surface area contributed by atoms with Gasteiger partial charge in [0.25, 0.3) is 0 Å². The molecule has 2 aromatic heterocycles. The molecule has 3 heteroatoms. The molecule has 0 fully saturated rings. The second kappa shape index (κ2) is 2.20. The van der Waals surface area contributed by atoms with Crippen molar-refractivity contribution in [3.05, 3.63) is 47.0 Å². The molecule has 2 heterocycles. The quantitative estimate of drug-likeness (QED) is 0.548. The average Bonchev–Trinajstić information content (AvgIpc) is 2.38. The first-order valence-electron chi connectivity index (χ1n) is 3.29. The highest BCUT2D eigenvalue weighted by molar-refractivity contribution is 5.35. The maximum atomic E-state index is 10.8. The lowest BCUT2D eigenvalue weighted by molar-refractivity contribution is 1.20. The third-order valence-corrected chi connectivity index (χ3v) is 1.49. The predicted octanol–water partition coefficient (Wildman–Crippen LogP) is 0.694. The normalized spacial score (nSPS) is 10.2. The standard InChI is InChI=1S/C8H6N2O/c11-7-1-2-8-9-4-6-10(8)5-3-7/h1-6H. The zero-order valence-electron chi connectivity index (χ0n) is 5.77. The van der Waals surface area contributed by atoms with Crippen LogP contribution in [0, 0.1) is 0 Å². The maximum Gasteiger partial charge on any atom is 0.180 e. The number of aromatic nitrogens is 2. The Morgan fingerprint density at radius 2 is 2.09 bits per heavy atom. The fraction of sp³-hybridized carbons (Fsp3) is 0. The Labute approximate surface area is 62.9 Å². The lowest BCUT2D eigenvalue weighted by atomic mass is 10.5. The molecule has 0 aliphatic rings. The Bertz CT molecular complexity index is 396. The first-order valence-corrected chi connectivity index (χ1v) is 3.29. The minimum atomic E-state index is -0.00417. The molecule has 0 saturated heterocycles. The minimum absolute atomic E-state index is 0.00417. The number of rotatable bonds is 0. The van der Waals surface area contributed by atoms with E-state index in [0.29, 0.717) is 0 Å². The molecular formula is C8H6N2O. The molecule has 0 N–H and O–H groups in total. The maximum absolute atomic E-state index is 10.8. The number of fused-ring (bicyclic) bond motifs is 1. The molecule has 0 aliphatic carbocycles. The first-order chi connectivity index (χ1) is 5.36. The van der Waals surface area contributed by atoms with E-state index in [4.69, 9.17) is 0 Å². The fourth-order valence-electron chi connectivity index (χ4n) is 0.946.